The minimum atomic E-state index is 0.0705. The Bertz CT molecular complexity index is 1220. The van der Waals surface area contributed by atoms with Crippen LogP contribution >= 0.6 is 23.2 Å². The molecule has 10 heteroatoms. The van der Waals surface area contributed by atoms with Gasteiger partial charge in [-0.1, -0.05) is 23.2 Å². The Morgan fingerprint density at radius 3 is 2.57 bits per heavy atom. The van der Waals surface area contributed by atoms with Crippen molar-refractivity contribution in [1.29, 1.82) is 5.41 Å². The number of hydrogen-bond acceptors (Lipinski definition) is 8. The number of rotatable bonds is 8. The number of pyridine rings is 2. The average molecular weight is 513 g/mol. The smallest absolute Gasteiger partial charge is 0.128 e. The number of nitrogens with zero attached hydrogens (tertiary/aromatic N) is 3. The molecule has 2 aromatic heterocycles. The van der Waals surface area contributed by atoms with E-state index in [2.05, 4.69) is 27.1 Å². The van der Waals surface area contributed by atoms with Crippen LogP contribution in [0.5, 0.6) is 5.75 Å². The largest absolute Gasteiger partial charge is 0.489 e. The summed E-state index contributed by atoms with van der Waals surface area (Å²) in [5.41, 5.74) is 8.89. The van der Waals surface area contributed by atoms with Crippen molar-refractivity contribution in [3.05, 3.63) is 75.7 Å². The molecule has 0 bridgehead atoms. The maximum Gasteiger partial charge on any atom is 0.128 e. The fourth-order valence-electron chi connectivity index (χ4n) is 4.31. The molecule has 2 saturated heterocycles. The summed E-state index contributed by atoms with van der Waals surface area (Å²) in [7, 11) is 0. The van der Waals surface area contributed by atoms with Gasteiger partial charge in [-0.25, -0.2) is 4.98 Å². The molecule has 0 radical (unpaired) electrons. The van der Waals surface area contributed by atoms with Crippen LogP contribution < -0.4 is 20.7 Å². The minimum absolute atomic E-state index is 0.0705. The number of halogens is 2. The van der Waals surface area contributed by atoms with Crippen molar-refractivity contribution >= 4 is 40.4 Å². The molecule has 0 unspecified atom stereocenters. The molecule has 0 saturated carbocycles. The number of anilines is 2. The Kier molecular flexibility index (Phi) is 6.55. The van der Waals surface area contributed by atoms with Gasteiger partial charge in [-0.05, 0) is 37.3 Å². The highest BCUT2D eigenvalue weighted by atomic mass is 35.5. The molecule has 3 aromatic rings. The van der Waals surface area contributed by atoms with Gasteiger partial charge in [0.1, 0.15) is 18.2 Å². The lowest BCUT2D eigenvalue weighted by molar-refractivity contribution is -0.0209. The third kappa shape index (κ3) is 5.06. The Morgan fingerprint density at radius 2 is 1.94 bits per heavy atom. The number of nitrogen functional groups attached to an aromatic ring is 1. The van der Waals surface area contributed by atoms with E-state index in [-0.39, 0.29) is 17.9 Å². The quantitative estimate of drug-likeness (QED) is 0.309. The van der Waals surface area contributed by atoms with Crippen LogP contribution in [-0.4, -0.2) is 53.6 Å². The van der Waals surface area contributed by atoms with Crippen LogP contribution in [0, 0.1) is 5.41 Å². The summed E-state index contributed by atoms with van der Waals surface area (Å²) in [5, 5.41) is 13.2. The molecule has 0 spiro atoms. The van der Waals surface area contributed by atoms with Crippen molar-refractivity contribution in [3.63, 3.8) is 0 Å². The normalized spacial score (nSPS) is 16.9. The van der Waals surface area contributed by atoms with Crippen LogP contribution in [0.3, 0.4) is 0 Å². The number of ether oxygens (including phenoxy) is 2. The van der Waals surface area contributed by atoms with E-state index in [0.29, 0.717) is 44.2 Å². The zero-order chi connectivity index (χ0) is 24.6. The molecule has 5 rings (SSSR count). The van der Waals surface area contributed by atoms with Gasteiger partial charge in [-0.15, -0.1) is 0 Å². The molecule has 0 amide bonds. The standard InChI is InChI=1S/C25H26Cl2N6O2/c1-25(32-16-10-34-11-16)13-33(14-25)23-5-2-15(7-31-23)24(29)18-6-17(3-4-22(18)28)35-12-19-20(26)8-30-9-21(19)27/h2-9,16,29,32H,10-14,28H2,1H3. The molecule has 8 nitrogen and oxygen atoms in total. The van der Waals surface area contributed by atoms with Crippen molar-refractivity contribution in [3.8, 4) is 5.75 Å². The maximum absolute atomic E-state index is 8.72. The Hall–Kier alpha value is -2.91. The molecule has 2 fully saturated rings. The van der Waals surface area contributed by atoms with Crippen molar-refractivity contribution in [1.82, 2.24) is 15.3 Å². The summed E-state index contributed by atoms with van der Waals surface area (Å²) in [6, 6.07) is 9.50. The fourth-order valence-corrected chi connectivity index (χ4v) is 4.78. The summed E-state index contributed by atoms with van der Waals surface area (Å²) in [6.07, 6.45) is 4.75. The molecule has 0 atom stereocenters. The van der Waals surface area contributed by atoms with E-state index in [1.807, 2.05) is 12.1 Å². The molecular weight excluding hydrogens is 487 g/mol. The first-order valence-electron chi connectivity index (χ1n) is 11.3. The van der Waals surface area contributed by atoms with Crippen molar-refractivity contribution in [2.45, 2.75) is 25.1 Å². The number of benzene rings is 1. The highest BCUT2D eigenvalue weighted by Crippen LogP contribution is 2.29. The van der Waals surface area contributed by atoms with E-state index >= 15 is 0 Å². The van der Waals surface area contributed by atoms with Crippen LogP contribution in [0.25, 0.3) is 0 Å². The van der Waals surface area contributed by atoms with Gasteiger partial charge in [0.2, 0.25) is 0 Å². The number of hydrogen-bond donors (Lipinski definition) is 3. The summed E-state index contributed by atoms with van der Waals surface area (Å²) in [5.74, 6) is 1.44. The second-order valence-corrected chi connectivity index (χ2v) is 10.0. The van der Waals surface area contributed by atoms with Gasteiger partial charge in [0.25, 0.3) is 0 Å². The third-order valence-electron chi connectivity index (χ3n) is 6.26. The van der Waals surface area contributed by atoms with E-state index in [0.717, 1.165) is 32.1 Å². The molecule has 4 heterocycles. The van der Waals surface area contributed by atoms with Crippen LogP contribution in [0.2, 0.25) is 10.0 Å². The van der Waals surface area contributed by atoms with E-state index < -0.39 is 0 Å². The second kappa shape index (κ2) is 9.62. The number of aromatic nitrogens is 2. The monoisotopic (exact) mass is 512 g/mol. The van der Waals surface area contributed by atoms with Gasteiger partial charge in [-0.2, -0.15) is 0 Å². The van der Waals surface area contributed by atoms with E-state index in [1.165, 1.54) is 12.4 Å². The summed E-state index contributed by atoms with van der Waals surface area (Å²) < 4.78 is 11.1. The Labute approximate surface area is 213 Å². The zero-order valence-electron chi connectivity index (χ0n) is 19.2. The lowest BCUT2D eigenvalue weighted by atomic mass is 9.90. The van der Waals surface area contributed by atoms with Crippen LogP contribution in [0.1, 0.15) is 23.6 Å². The Balaban J connectivity index is 1.24. The lowest BCUT2D eigenvalue weighted by Gasteiger charge is -2.51. The van der Waals surface area contributed by atoms with Gasteiger partial charge in [0.05, 0.1) is 40.6 Å². The highest BCUT2D eigenvalue weighted by molar-refractivity contribution is 6.35. The predicted octanol–water partition coefficient (Wildman–Crippen LogP) is 3.93. The van der Waals surface area contributed by atoms with Gasteiger partial charge < -0.3 is 25.4 Å². The van der Waals surface area contributed by atoms with Crippen molar-refractivity contribution in [2.24, 2.45) is 0 Å². The molecule has 1 aromatic carbocycles. The molecule has 2 aliphatic heterocycles. The van der Waals surface area contributed by atoms with Crippen LogP contribution in [-0.2, 0) is 11.3 Å². The first kappa shape index (κ1) is 23.8. The summed E-state index contributed by atoms with van der Waals surface area (Å²) >= 11 is 12.4. The highest BCUT2D eigenvalue weighted by Gasteiger charge is 2.41. The molecule has 4 N–H and O–H groups in total. The molecule has 0 aliphatic carbocycles. The summed E-state index contributed by atoms with van der Waals surface area (Å²) in [6.45, 7) is 5.72. The first-order valence-corrected chi connectivity index (χ1v) is 12.0. The SMILES string of the molecule is CC1(NC2COC2)CN(c2ccc(C(=N)c3cc(OCc4c(Cl)cncc4Cl)ccc3N)cn2)C1. The number of nitrogens with one attached hydrogen (secondary N) is 2. The lowest BCUT2D eigenvalue weighted by Crippen LogP contribution is -2.71. The van der Waals surface area contributed by atoms with E-state index in [4.69, 9.17) is 43.8 Å². The van der Waals surface area contributed by atoms with Gasteiger partial charge in [0.15, 0.2) is 0 Å². The van der Waals surface area contributed by atoms with Crippen molar-refractivity contribution in [2.75, 3.05) is 36.9 Å². The second-order valence-electron chi connectivity index (χ2n) is 9.19. The third-order valence-corrected chi connectivity index (χ3v) is 6.91. The van der Waals surface area contributed by atoms with Crippen molar-refractivity contribution < 1.29 is 9.47 Å². The first-order chi connectivity index (χ1) is 16.8. The van der Waals surface area contributed by atoms with E-state index in [9.17, 15) is 0 Å². The predicted molar refractivity (Wildman–Crippen MR) is 138 cm³/mol. The van der Waals surface area contributed by atoms with Crippen LogP contribution in [0.4, 0.5) is 11.5 Å². The van der Waals surface area contributed by atoms with Gasteiger partial charge >= 0.3 is 0 Å². The fraction of sp³-hybridized carbons (Fsp3) is 0.320. The molecule has 182 valence electrons. The Morgan fingerprint density at radius 1 is 1.20 bits per heavy atom. The zero-order valence-corrected chi connectivity index (χ0v) is 20.7. The summed E-state index contributed by atoms with van der Waals surface area (Å²) in [4.78, 5) is 10.8. The topological polar surface area (TPSA) is 109 Å². The molecule has 2 aliphatic rings. The van der Waals surface area contributed by atoms with Crippen LogP contribution in [0.15, 0.2) is 48.9 Å². The van der Waals surface area contributed by atoms with Gasteiger partial charge in [-0.3, -0.25) is 10.4 Å². The molecular formula is C25H26Cl2N6O2. The van der Waals surface area contributed by atoms with Gasteiger partial charge in [0, 0.05) is 54.1 Å². The number of nitrogens with two attached hydrogens (primary N) is 1. The maximum atomic E-state index is 8.72. The van der Waals surface area contributed by atoms with E-state index in [1.54, 1.807) is 24.4 Å². The minimum Gasteiger partial charge on any atom is -0.489 e. The molecule has 35 heavy (non-hydrogen) atoms. The average Bonchev–Trinajstić information content (AvgIpc) is 2.80.